The van der Waals surface area contributed by atoms with E-state index in [9.17, 15) is 0 Å². The lowest BCUT2D eigenvalue weighted by molar-refractivity contribution is 0.344. The molecule has 0 aliphatic carbocycles. The number of rotatable bonds is 8. The second kappa shape index (κ2) is 7.45. The Morgan fingerprint density at radius 1 is 0.696 bits per heavy atom. The fourth-order valence-electron chi connectivity index (χ4n) is 2.06. The quantitative estimate of drug-likeness (QED) is 0.648. The molecular formula is C18H22O3Si2. The third kappa shape index (κ3) is 4.95. The largest absolute Gasteiger partial charge is 0.518 e. The average Bonchev–Trinajstić information content (AvgIpc) is 2.56. The normalized spacial score (nSPS) is 15.7. The summed E-state index contributed by atoms with van der Waals surface area (Å²) < 4.78 is 18.5. The molecule has 0 aromatic heterocycles. The smallest absolute Gasteiger partial charge is 0.414 e. The maximum Gasteiger partial charge on any atom is 0.414 e. The van der Waals surface area contributed by atoms with E-state index in [0.29, 0.717) is 0 Å². The van der Waals surface area contributed by atoms with E-state index < -0.39 is 17.1 Å². The third-order valence-corrected chi connectivity index (χ3v) is 9.28. The van der Waals surface area contributed by atoms with Gasteiger partial charge in [0, 0.05) is 0 Å². The van der Waals surface area contributed by atoms with Gasteiger partial charge in [0.15, 0.2) is 0 Å². The molecule has 0 amide bonds. The van der Waals surface area contributed by atoms with E-state index in [1.807, 2.05) is 73.8 Å². The van der Waals surface area contributed by atoms with Gasteiger partial charge in [0.2, 0.25) is 0 Å². The molecule has 2 atom stereocenters. The summed E-state index contributed by atoms with van der Waals surface area (Å²) in [7, 11) is -5.29. The Kier molecular flexibility index (Phi) is 5.60. The van der Waals surface area contributed by atoms with Crippen LogP contribution in [0.3, 0.4) is 0 Å². The van der Waals surface area contributed by atoms with Gasteiger partial charge in [-0.15, -0.1) is 13.2 Å². The maximum atomic E-state index is 6.33. The molecule has 0 spiro atoms. The van der Waals surface area contributed by atoms with Gasteiger partial charge >= 0.3 is 17.1 Å². The first-order chi connectivity index (χ1) is 11.0. The molecule has 0 aliphatic heterocycles. The summed E-state index contributed by atoms with van der Waals surface area (Å²) in [6.07, 6.45) is 0. The Balaban J connectivity index is 2.16. The molecule has 0 aliphatic rings. The van der Waals surface area contributed by atoms with Crippen LogP contribution in [0, 0.1) is 0 Å². The molecule has 0 N–H and O–H groups in total. The molecule has 2 aromatic rings. The van der Waals surface area contributed by atoms with E-state index >= 15 is 0 Å². The minimum absolute atomic E-state index is 0.765. The second-order valence-corrected chi connectivity index (χ2v) is 11.5. The van der Waals surface area contributed by atoms with E-state index in [1.165, 1.54) is 0 Å². The first-order valence-electron chi connectivity index (χ1n) is 7.44. The Morgan fingerprint density at radius 2 is 1.04 bits per heavy atom. The molecule has 0 bridgehead atoms. The van der Waals surface area contributed by atoms with Crippen LogP contribution in [0.4, 0.5) is 0 Å². The molecule has 0 fully saturated rings. The Hall–Kier alpha value is -2.09. The number of para-hydroxylation sites is 2. The maximum absolute atomic E-state index is 6.33. The topological polar surface area (TPSA) is 27.7 Å². The zero-order valence-corrected chi connectivity index (χ0v) is 15.6. The summed E-state index contributed by atoms with van der Waals surface area (Å²) in [5.74, 6) is 1.53. The van der Waals surface area contributed by atoms with Gasteiger partial charge in [-0.1, -0.05) is 36.4 Å². The van der Waals surface area contributed by atoms with E-state index in [4.69, 9.17) is 13.0 Å². The fourth-order valence-corrected chi connectivity index (χ4v) is 7.65. The number of hydrogen-bond acceptors (Lipinski definition) is 3. The van der Waals surface area contributed by atoms with E-state index in [1.54, 1.807) is 11.4 Å². The summed E-state index contributed by atoms with van der Waals surface area (Å²) in [4.78, 5) is 0. The highest BCUT2D eigenvalue weighted by Crippen LogP contribution is 2.24. The summed E-state index contributed by atoms with van der Waals surface area (Å²) in [6.45, 7) is 11.7. The zero-order chi connectivity index (χ0) is 16.8. The molecule has 23 heavy (non-hydrogen) atoms. The average molecular weight is 343 g/mol. The fraction of sp³-hybridized carbons (Fsp3) is 0.111. The van der Waals surface area contributed by atoms with Crippen LogP contribution in [-0.4, -0.2) is 17.1 Å². The van der Waals surface area contributed by atoms with Crippen molar-refractivity contribution < 1.29 is 13.0 Å². The van der Waals surface area contributed by atoms with Crippen LogP contribution in [0.15, 0.2) is 85.2 Å². The van der Waals surface area contributed by atoms with E-state index in [-0.39, 0.29) is 0 Å². The summed E-state index contributed by atoms with van der Waals surface area (Å²) >= 11 is 0. The van der Waals surface area contributed by atoms with Gasteiger partial charge in [0.1, 0.15) is 11.5 Å². The number of benzene rings is 2. The standard InChI is InChI=1S/C18H22O3Si2/c1-5-22(3,19-17-13-9-7-10-14-17)21-23(4,6-2)20-18-15-11-8-12-16-18/h5-16H,1-2H2,3-4H3. The first-order valence-corrected chi connectivity index (χ1v) is 12.2. The molecule has 2 rings (SSSR count). The molecule has 2 aromatic carbocycles. The van der Waals surface area contributed by atoms with Crippen molar-refractivity contribution in [1.82, 2.24) is 0 Å². The van der Waals surface area contributed by atoms with E-state index in [0.717, 1.165) is 11.5 Å². The molecule has 0 saturated heterocycles. The Labute approximate surface area is 140 Å². The molecule has 120 valence electrons. The molecule has 0 saturated carbocycles. The van der Waals surface area contributed by atoms with Gasteiger partial charge in [-0.3, -0.25) is 0 Å². The molecule has 0 heterocycles. The van der Waals surface area contributed by atoms with Crippen LogP contribution in [0.2, 0.25) is 13.1 Å². The predicted molar refractivity (Wildman–Crippen MR) is 98.9 cm³/mol. The predicted octanol–water partition coefficient (Wildman–Crippen LogP) is 4.76. The van der Waals surface area contributed by atoms with Gasteiger partial charge < -0.3 is 13.0 Å². The molecule has 0 radical (unpaired) electrons. The summed E-state index contributed by atoms with van der Waals surface area (Å²) in [6, 6.07) is 19.2. The van der Waals surface area contributed by atoms with Gasteiger partial charge in [-0.2, -0.15) is 0 Å². The van der Waals surface area contributed by atoms with Crippen LogP contribution in [0.5, 0.6) is 11.5 Å². The van der Waals surface area contributed by atoms with Crippen LogP contribution in [0.1, 0.15) is 0 Å². The summed E-state index contributed by atoms with van der Waals surface area (Å²) in [5.41, 5.74) is 3.53. The van der Waals surface area contributed by atoms with Crippen molar-refractivity contribution in [3.05, 3.63) is 85.2 Å². The van der Waals surface area contributed by atoms with Crippen molar-refractivity contribution in [3.8, 4) is 11.5 Å². The van der Waals surface area contributed by atoms with Crippen LogP contribution in [-0.2, 0) is 4.12 Å². The second-order valence-electron chi connectivity index (χ2n) is 5.37. The van der Waals surface area contributed by atoms with Crippen molar-refractivity contribution >= 4 is 17.1 Å². The Bertz CT molecular complexity index is 590. The highest BCUT2D eigenvalue weighted by molar-refractivity contribution is 6.85. The van der Waals surface area contributed by atoms with Gasteiger partial charge in [0.05, 0.1) is 0 Å². The lowest BCUT2D eigenvalue weighted by Gasteiger charge is -2.33. The van der Waals surface area contributed by atoms with Crippen LogP contribution < -0.4 is 8.85 Å². The highest BCUT2D eigenvalue weighted by atomic mass is 28.5. The van der Waals surface area contributed by atoms with E-state index in [2.05, 4.69) is 13.2 Å². The van der Waals surface area contributed by atoms with Crippen molar-refractivity contribution in [1.29, 1.82) is 0 Å². The zero-order valence-electron chi connectivity index (χ0n) is 13.6. The Morgan fingerprint density at radius 3 is 1.35 bits per heavy atom. The number of hydrogen-bond donors (Lipinski definition) is 0. The minimum Gasteiger partial charge on any atom is -0.518 e. The van der Waals surface area contributed by atoms with Crippen molar-refractivity contribution in [2.45, 2.75) is 13.1 Å². The SMILES string of the molecule is C=C[Si](C)(Oc1ccccc1)O[Si](C)(C=C)Oc1ccccc1. The molecule has 3 nitrogen and oxygen atoms in total. The van der Waals surface area contributed by atoms with Crippen molar-refractivity contribution in [2.24, 2.45) is 0 Å². The molecule has 2 unspecified atom stereocenters. The minimum atomic E-state index is -2.65. The molecule has 5 heteroatoms. The van der Waals surface area contributed by atoms with Gasteiger partial charge in [0.25, 0.3) is 0 Å². The monoisotopic (exact) mass is 342 g/mol. The lowest BCUT2D eigenvalue weighted by atomic mass is 10.3. The molecular weight excluding hydrogens is 320 g/mol. The lowest BCUT2D eigenvalue weighted by Crippen LogP contribution is -2.53. The van der Waals surface area contributed by atoms with Crippen molar-refractivity contribution in [3.63, 3.8) is 0 Å². The van der Waals surface area contributed by atoms with Gasteiger partial charge in [-0.25, -0.2) is 0 Å². The third-order valence-electron chi connectivity index (χ3n) is 3.27. The van der Waals surface area contributed by atoms with Crippen LogP contribution in [0.25, 0.3) is 0 Å². The summed E-state index contributed by atoms with van der Waals surface area (Å²) in [5, 5.41) is 0. The highest BCUT2D eigenvalue weighted by Gasteiger charge is 2.42. The first kappa shape index (κ1) is 17.3. The van der Waals surface area contributed by atoms with Crippen molar-refractivity contribution in [2.75, 3.05) is 0 Å². The van der Waals surface area contributed by atoms with Crippen LogP contribution >= 0.6 is 0 Å². The van der Waals surface area contributed by atoms with Gasteiger partial charge in [-0.05, 0) is 48.8 Å².